The number of hydrogen-bond acceptors (Lipinski definition) is 7. The molecule has 3 rings (SSSR count). The van der Waals surface area contributed by atoms with Gasteiger partial charge in [-0.2, -0.15) is 8.78 Å². The van der Waals surface area contributed by atoms with Gasteiger partial charge < -0.3 is 9.47 Å². The molecule has 2 heterocycles. The number of thioether (sulfide) groups is 1. The van der Waals surface area contributed by atoms with E-state index in [0.717, 1.165) is 22.8 Å². The van der Waals surface area contributed by atoms with Crippen molar-refractivity contribution in [3.8, 4) is 11.5 Å². The molecule has 0 aliphatic carbocycles. The molecule has 0 fully saturated rings. The number of aromatic nitrogens is 3. The summed E-state index contributed by atoms with van der Waals surface area (Å²) >= 11 is 2.46. The van der Waals surface area contributed by atoms with Crippen LogP contribution in [0.1, 0.15) is 18.3 Å². The molecular weight excluding hydrogens is 396 g/mol. The third-order valence-corrected chi connectivity index (χ3v) is 5.82. The van der Waals surface area contributed by atoms with Gasteiger partial charge in [0.15, 0.2) is 20.5 Å². The van der Waals surface area contributed by atoms with E-state index in [4.69, 9.17) is 9.47 Å². The lowest BCUT2D eigenvalue weighted by Gasteiger charge is -2.18. The van der Waals surface area contributed by atoms with Gasteiger partial charge in [-0.1, -0.05) is 23.1 Å². The number of hydrogen-bond donors (Lipinski definition) is 0. The Morgan fingerprint density at radius 3 is 2.59 bits per heavy atom. The van der Waals surface area contributed by atoms with Crippen molar-refractivity contribution in [1.29, 1.82) is 0 Å². The second-order valence-electron chi connectivity index (χ2n) is 5.73. The molecule has 0 unspecified atom stereocenters. The van der Waals surface area contributed by atoms with Crippen molar-refractivity contribution < 1.29 is 18.3 Å². The molecule has 0 saturated carbocycles. The summed E-state index contributed by atoms with van der Waals surface area (Å²) in [5.41, 5.74) is 0.0307. The number of rotatable bonds is 6. The van der Waals surface area contributed by atoms with Crippen LogP contribution < -0.4 is 15.0 Å². The summed E-state index contributed by atoms with van der Waals surface area (Å²) in [5, 5.41) is 0. The van der Waals surface area contributed by atoms with Gasteiger partial charge in [0.2, 0.25) is 0 Å². The first-order valence-electron chi connectivity index (χ1n) is 7.83. The van der Waals surface area contributed by atoms with Crippen molar-refractivity contribution in [2.45, 2.75) is 23.7 Å². The van der Waals surface area contributed by atoms with Crippen molar-refractivity contribution in [1.82, 2.24) is 14.5 Å². The van der Waals surface area contributed by atoms with Crippen molar-refractivity contribution in [2.24, 2.45) is 0 Å². The molecule has 10 heteroatoms. The number of thiazole rings is 1. The van der Waals surface area contributed by atoms with Gasteiger partial charge in [0, 0.05) is 18.6 Å². The quantitative estimate of drug-likeness (QED) is 0.574. The Hall–Kier alpha value is -2.20. The van der Waals surface area contributed by atoms with Gasteiger partial charge in [-0.25, -0.2) is 9.97 Å². The summed E-state index contributed by atoms with van der Waals surface area (Å²) < 4.78 is 40.5. The van der Waals surface area contributed by atoms with Crippen LogP contribution in [-0.2, 0) is 12.5 Å². The Bertz CT molecular complexity index is 1040. The van der Waals surface area contributed by atoms with Crippen LogP contribution in [0.4, 0.5) is 8.78 Å². The fraction of sp³-hybridized carbons (Fsp3) is 0.353. The Labute approximate surface area is 162 Å². The van der Waals surface area contributed by atoms with E-state index in [0.29, 0.717) is 21.4 Å². The van der Waals surface area contributed by atoms with Crippen LogP contribution in [0.5, 0.6) is 11.5 Å². The first kappa shape index (κ1) is 19.6. The van der Waals surface area contributed by atoms with Crippen molar-refractivity contribution >= 4 is 33.4 Å². The summed E-state index contributed by atoms with van der Waals surface area (Å²) in [6.45, 7) is 0.596. The lowest BCUT2D eigenvalue weighted by molar-refractivity contribution is 0.00329. The monoisotopic (exact) mass is 413 g/mol. The number of alkyl halides is 2. The van der Waals surface area contributed by atoms with Crippen LogP contribution >= 0.6 is 23.1 Å². The third-order valence-electron chi connectivity index (χ3n) is 3.89. The zero-order chi connectivity index (χ0) is 19.8. The van der Waals surface area contributed by atoms with Gasteiger partial charge in [-0.15, -0.1) is 0 Å². The lowest BCUT2D eigenvalue weighted by atomic mass is 10.1. The topological polar surface area (TPSA) is 66.2 Å². The average molecular weight is 413 g/mol. The Kier molecular flexibility index (Phi) is 5.38. The minimum Gasteiger partial charge on any atom is -0.497 e. The molecule has 0 bridgehead atoms. The van der Waals surface area contributed by atoms with E-state index in [-0.39, 0.29) is 16.9 Å². The van der Waals surface area contributed by atoms with Crippen molar-refractivity contribution in [3.05, 3.63) is 39.9 Å². The van der Waals surface area contributed by atoms with Gasteiger partial charge in [-0.05, 0) is 18.4 Å². The number of ether oxygens (including phenoxy) is 2. The molecule has 0 aliphatic heterocycles. The van der Waals surface area contributed by atoms with Crippen LogP contribution in [0.2, 0.25) is 0 Å². The van der Waals surface area contributed by atoms with E-state index in [1.54, 1.807) is 24.5 Å². The molecule has 0 spiro atoms. The second-order valence-corrected chi connectivity index (χ2v) is 7.76. The molecule has 0 amide bonds. The maximum Gasteiger partial charge on any atom is 0.302 e. The van der Waals surface area contributed by atoms with Gasteiger partial charge in [0.25, 0.3) is 5.56 Å². The number of fused-ring (bicyclic) bond motifs is 1. The standard InChI is InChI=1S/C17H17F2N3O3S2/c1-17(18,19)15-21-13-12(20-16(26-4)27-13)14(23)22(15)8-9-5-6-10(24-2)7-11(9)25-3/h5-7H,8H2,1-4H3. The molecular formula is C17H17F2N3O3S2. The fourth-order valence-corrected chi connectivity index (χ4v) is 4.03. The molecule has 0 aliphatic rings. The predicted octanol–water partition coefficient (Wildman–Crippen LogP) is 3.75. The molecule has 6 nitrogen and oxygen atoms in total. The van der Waals surface area contributed by atoms with E-state index in [1.807, 2.05) is 0 Å². The summed E-state index contributed by atoms with van der Waals surface area (Å²) in [6.07, 6.45) is 1.80. The van der Waals surface area contributed by atoms with Gasteiger partial charge in [-0.3, -0.25) is 9.36 Å². The average Bonchev–Trinajstić information content (AvgIpc) is 3.07. The molecule has 27 heavy (non-hydrogen) atoms. The van der Waals surface area contributed by atoms with Crippen LogP contribution in [0.25, 0.3) is 10.3 Å². The first-order chi connectivity index (χ1) is 12.8. The second kappa shape index (κ2) is 7.43. The molecule has 0 atom stereocenters. The molecule has 2 aromatic heterocycles. The largest absolute Gasteiger partial charge is 0.497 e. The van der Waals surface area contributed by atoms with Crippen molar-refractivity contribution in [2.75, 3.05) is 20.5 Å². The summed E-state index contributed by atoms with van der Waals surface area (Å²) in [6, 6.07) is 4.97. The first-order valence-corrected chi connectivity index (χ1v) is 9.87. The van der Waals surface area contributed by atoms with Gasteiger partial charge in [0.05, 0.1) is 20.8 Å². The van der Waals surface area contributed by atoms with Crippen molar-refractivity contribution in [3.63, 3.8) is 0 Å². The highest BCUT2D eigenvalue weighted by Crippen LogP contribution is 2.31. The minimum absolute atomic E-state index is 0.0878. The maximum absolute atomic E-state index is 14.2. The zero-order valence-electron chi connectivity index (χ0n) is 15.1. The Morgan fingerprint density at radius 2 is 2.00 bits per heavy atom. The molecule has 0 N–H and O–H groups in total. The van der Waals surface area contributed by atoms with E-state index in [1.165, 1.54) is 26.0 Å². The molecule has 0 saturated heterocycles. The van der Waals surface area contributed by atoms with Crippen LogP contribution in [-0.4, -0.2) is 35.0 Å². The predicted molar refractivity (Wildman–Crippen MR) is 102 cm³/mol. The van der Waals surface area contributed by atoms with Gasteiger partial charge in [0.1, 0.15) is 11.5 Å². The van der Waals surface area contributed by atoms with Crippen LogP contribution in [0.15, 0.2) is 27.3 Å². The van der Waals surface area contributed by atoms with Gasteiger partial charge >= 0.3 is 5.92 Å². The lowest BCUT2D eigenvalue weighted by Crippen LogP contribution is -2.31. The minimum atomic E-state index is -3.30. The number of methoxy groups -OCH3 is 2. The molecule has 144 valence electrons. The zero-order valence-corrected chi connectivity index (χ0v) is 16.7. The highest BCUT2D eigenvalue weighted by atomic mass is 32.2. The van der Waals surface area contributed by atoms with E-state index in [2.05, 4.69) is 9.97 Å². The summed E-state index contributed by atoms with van der Waals surface area (Å²) in [5.74, 6) is -2.91. The SMILES string of the molecule is COc1ccc(Cn2c(C(C)(F)F)nc3sc(SC)nc3c2=O)c(OC)c1. The van der Waals surface area contributed by atoms with Crippen LogP contribution in [0, 0.1) is 0 Å². The molecule has 1 aromatic carbocycles. The van der Waals surface area contributed by atoms with E-state index in [9.17, 15) is 13.6 Å². The van der Waals surface area contributed by atoms with Crippen LogP contribution in [0.3, 0.4) is 0 Å². The highest BCUT2D eigenvalue weighted by molar-refractivity contribution is 8.00. The number of halogens is 2. The third kappa shape index (κ3) is 3.77. The van der Waals surface area contributed by atoms with E-state index >= 15 is 0 Å². The smallest absolute Gasteiger partial charge is 0.302 e. The Morgan fingerprint density at radius 1 is 1.26 bits per heavy atom. The fourth-order valence-electron chi connectivity index (χ4n) is 2.61. The molecule has 0 radical (unpaired) electrons. The Balaban J connectivity index is 2.21. The highest BCUT2D eigenvalue weighted by Gasteiger charge is 2.32. The van der Waals surface area contributed by atoms with E-state index < -0.39 is 17.3 Å². The maximum atomic E-state index is 14.2. The summed E-state index contributed by atoms with van der Waals surface area (Å²) in [4.78, 5) is 21.4. The molecule has 3 aromatic rings. The summed E-state index contributed by atoms with van der Waals surface area (Å²) in [7, 11) is 2.97. The number of nitrogens with zero attached hydrogens (tertiary/aromatic N) is 3. The number of benzene rings is 1. The normalized spacial score (nSPS) is 11.8.